The second kappa shape index (κ2) is 7.03. The number of aryl methyl sites for hydroxylation is 1. The largest absolute Gasteiger partial charge is 0.391 e. The summed E-state index contributed by atoms with van der Waals surface area (Å²) in [6, 6.07) is 4.35. The van der Waals surface area contributed by atoms with Crippen molar-refractivity contribution in [1.29, 1.82) is 0 Å². The van der Waals surface area contributed by atoms with E-state index in [1.165, 1.54) is 0 Å². The van der Waals surface area contributed by atoms with E-state index in [4.69, 9.17) is 0 Å². The number of rotatable bonds is 5. The van der Waals surface area contributed by atoms with Crippen molar-refractivity contribution in [2.75, 3.05) is 35.7 Å². The first kappa shape index (κ1) is 17.0. The van der Waals surface area contributed by atoms with Gasteiger partial charge in [0.1, 0.15) is 18.0 Å². The van der Waals surface area contributed by atoms with Crippen molar-refractivity contribution in [3.05, 3.63) is 29.8 Å². The molecule has 1 saturated carbocycles. The Morgan fingerprint density at radius 1 is 1.19 bits per heavy atom. The minimum absolute atomic E-state index is 0.248. The molecule has 0 spiro atoms. The summed E-state index contributed by atoms with van der Waals surface area (Å²) in [5, 5.41) is 16.2. The van der Waals surface area contributed by atoms with Crippen LogP contribution in [0.2, 0.25) is 0 Å². The zero-order chi connectivity index (χ0) is 18.1. The van der Waals surface area contributed by atoms with E-state index >= 15 is 0 Å². The van der Waals surface area contributed by atoms with Crippen LogP contribution in [0.4, 0.5) is 17.6 Å². The summed E-state index contributed by atoms with van der Waals surface area (Å²) in [7, 11) is 1.86. The molecule has 138 valence electrons. The minimum Gasteiger partial charge on any atom is -0.391 e. The molecule has 0 aromatic carbocycles. The molecule has 8 heteroatoms. The third-order valence-corrected chi connectivity index (χ3v) is 5.16. The molecular formula is C18H25N7O. The molecular weight excluding hydrogens is 330 g/mol. The predicted molar refractivity (Wildman–Crippen MR) is 101 cm³/mol. The fourth-order valence-electron chi connectivity index (χ4n) is 3.63. The van der Waals surface area contributed by atoms with Gasteiger partial charge in [0.05, 0.1) is 6.10 Å². The average molecular weight is 355 g/mol. The zero-order valence-electron chi connectivity index (χ0n) is 15.2. The molecule has 0 unspecified atom stereocenters. The smallest absolute Gasteiger partial charge is 0.225 e. The van der Waals surface area contributed by atoms with E-state index in [1.807, 2.05) is 20.0 Å². The second-order valence-electron chi connectivity index (χ2n) is 7.17. The molecule has 3 heterocycles. The molecule has 2 aliphatic rings. The molecule has 1 aliphatic heterocycles. The van der Waals surface area contributed by atoms with Gasteiger partial charge < -0.3 is 20.6 Å². The first-order chi connectivity index (χ1) is 12.6. The van der Waals surface area contributed by atoms with Crippen molar-refractivity contribution < 1.29 is 5.11 Å². The number of nitrogens with zero attached hydrogens (tertiary/aromatic N) is 5. The lowest BCUT2D eigenvalue weighted by molar-refractivity contribution is 0.198. The van der Waals surface area contributed by atoms with Crippen LogP contribution in [0.3, 0.4) is 0 Å². The highest BCUT2D eigenvalue weighted by Crippen LogP contribution is 2.38. The van der Waals surface area contributed by atoms with Crippen LogP contribution in [0.25, 0.3) is 0 Å². The van der Waals surface area contributed by atoms with E-state index < -0.39 is 0 Å². The van der Waals surface area contributed by atoms with Gasteiger partial charge in [-0.3, -0.25) is 0 Å². The van der Waals surface area contributed by atoms with E-state index in [0.717, 1.165) is 48.8 Å². The maximum absolute atomic E-state index is 9.72. The molecule has 0 bridgehead atoms. The van der Waals surface area contributed by atoms with Gasteiger partial charge in [0.25, 0.3) is 0 Å². The summed E-state index contributed by atoms with van der Waals surface area (Å²) in [4.78, 5) is 19.9. The lowest BCUT2D eigenvalue weighted by Gasteiger charge is -2.35. The fraction of sp³-hybridized carbons (Fsp3) is 0.556. The number of hydrogen-bond acceptors (Lipinski definition) is 8. The molecule has 2 aromatic rings. The number of β-amino-alcohol motifs (C(OH)–C–C–N with tert-alkyl or cyclic N) is 1. The van der Waals surface area contributed by atoms with E-state index in [1.54, 1.807) is 6.33 Å². The second-order valence-corrected chi connectivity index (χ2v) is 7.17. The van der Waals surface area contributed by atoms with Crippen molar-refractivity contribution in [3.8, 4) is 0 Å². The molecule has 0 radical (unpaired) electrons. The first-order valence-electron chi connectivity index (χ1n) is 9.15. The molecule has 2 aromatic heterocycles. The molecule has 1 atom stereocenters. The van der Waals surface area contributed by atoms with Crippen LogP contribution in [0.15, 0.2) is 18.5 Å². The summed E-state index contributed by atoms with van der Waals surface area (Å²) in [5.74, 6) is 2.84. The molecule has 1 aliphatic carbocycles. The summed E-state index contributed by atoms with van der Waals surface area (Å²) >= 11 is 0. The monoisotopic (exact) mass is 355 g/mol. The number of anilines is 3. The summed E-state index contributed by atoms with van der Waals surface area (Å²) < 4.78 is 0. The SMILES string of the molecule is CNc1cc(C)nc(NC2CC(c3cc(N4CC[C@H](O)C4)ncn3)C2)n1. The van der Waals surface area contributed by atoms with Crippen molar-refractivity contribution in [3.63, 3.8) is 0 Å². The van der Waals surface area contributed by atoms with Gasteiger partial charge in [0, 0.05) is 55.6 Å². The summed E-state index contributed by atoms with van der Waals surface area (Å²) in [6.07, 6.45) is 4.21. The van der Waals surface area contributed by atoms with Crippen molar-refractivity contribution in [1.82, 2.24) is 19.9 Å². The topological polar surface area (TPSA) is 99.1 Å². The number of aromatic nitrogens is 4. The highest BCUT2D eigenvalue weighted by molar-refractivity contribution is 5.44. The highest BCUT2D eigenvalue weighted by atomic mass is 16.3. The number of aliphatic hydroxyl groups is 1. The molecule has 4 rings (SSSR count). The molecule has 2 fully saturated rings. The van der Waals surface area contributed by atoms with Crippen LogP contribution in [-0.4, -0.2) is 57.3 Å². The third-order valence-electron chi connectivity index (χ3n) is 5.16. The Kier molecular flexibility index (Phi) is 4.58. The van der Waals surface area contributed by atoms with Gasteiger partial charge in [-0.05, 0) is 26.2 Å². The van der Waals surface area contributed by atoms with E-state index in [0.29, 0.717) is 24.5 Å². The van der Waals surface area contributed by atoms with E-state index in [2.05, 4.69) is 41.5 Å². The fourth-order valence-corrected chi connectivity index (χ4v) is 3.63. The highest BCUT2D eigenvalue weighted by Gasteiger charge is 2.32. The Labute approximate surface area is 153 Å². The predicted octanol–water partition coefficient (Wildman–Crippen LogP) is 1.55. The first-order valence-corrected chi connectivity index (χ1v) is 9.15. The normalized spacial score (nSPS) is 25.0. The van der Waals surface area contributed by atoms with E-state index in [-0.39, 0.29) is 6.10 Å². The van der Waals surface area contributed by atoms with Crippen LogP contribution in [0.1, 0.15) is 36.6 Å². The van der Waals surface area contributed by atoms with Crippen molar-refractivity contribution in [2.45, 2.75) is 44.2 Å². The Bertz CT molecular complexity index is 778. The average Bonchev–Trinajstić information content (AvgIpc) is 3.04. The van der Waals surface area contributed by atoms with Crippen LogP contribution in [0.5, 0.6) is 0 Å². The van der Waals surface area contributed by atoms with Crippen LogP contribution < -0.4 is 15.5 Å². The van der Waals surface area contributed by atoms with Crippen LogP contribution in [0, 0.1) is 6.92 Å². The Balaban J connectivity index is 1.37. The van der Waals surface area contributed by atoms with E-state index in [9.17, 15) is 5.11 Å². The van der Waals surface area contributed by atoms with Gasteiger partial charge in [0.2, 0.25) is 5.95 Å². The molecule has 8 nitrogen and oxygen atoms in total. The standard InChI is InChI=1S/C18H25N7O/c1-11-5-16(19-2)24-18(22-11)23-13-6-12(7-13)15-8-17(21-10-20-15)25-4-3-14(26)9-25/h5,8,10,12-14,26H,3-4,6-7,9H2,1-2H3,(H2,19,22,23,24)/t12?,13?,14-/m0/s1. The van der Waals surface area contributed by atoms with Crippen LogP contribution in [-0.2, 0) is 0 Å². The summed E-state index contributed by atoms with van der Waals surface area (Å²) in [5.41, 5.74) is 2.02. The number of nitrogens with one attached hydrogen (secondary N) is 2. The molecule has 26 heavy (non-hydrogen) atoms. The summed E-state index contributed by atoms with van der Waals surface area (Å²) in [6.45, 7) is 3.48. The Morgan fingerprint density at radius 2 is 2.04 bits per heavy atom. The lowest BCUT2D eigenvalue weighted by atomic mass is 9.78. The van der Waals surface area contributed by atoms with Gasteiger partial charge in [-0.2, -0.15) is 4.98 Å². The minimum atomic E-state index is -0.248. The van der Waals surface area contributed by atoms with Crippen molar-refractivity contribution >= 4 is 17.6 Å². The zero-order valence-corrected chi connectivity index (χ0v) is 15.2. The third kappa shape index (κ3) is 3.55. The molecule has 3 N–H and O–H groups in total. The maximum atomic E-state index is 9.72. The van der Waals surface area contributed by atoms with Gasteiger partial charge in [0.15, 0.2) is 0 Å². The number of aliphatic hydroxyl groups excluding tert-OH is 1. The van der Waals surface area contributed by atoms with Gasteiger partial charge in [-0.1, -0.05) is 0 Å². The maximum Gasteiger partial charge on any atom is 0.225 e. The molecule has 0 amide bonds. The Hall–Kier alpha value is -2.48. The van der Waals surface area contributed by atoms with Crippen LogP contribution >= 0.6 is 0 Å². The van der Waals surface area contributed by atoms with Gasteiger partial charge in [-0.15, -0.1) is 0 Å². The molecule has 1 saturated heterocycles. The Morgan fingerprint density at radius 3 is 2.77 bits per heavy atom. The quantitative estimate of drug-likeness (QED) is 0.743. The van der Waals surface area contributed by atoms with Gasteiger partial charge in [-0.25, -0.2) is 15.0 Å². The van der Waals surface area contributed by atoms with Crippen molar-refractivity contribution in [2.24, 2.45) is 0 Å². The van der Waals surface area contributed by atoms with Gasteiger partial charge >= 0.3 is 0 Å². The lowest BCUT2D eigenvalue weighted by Crippen LogP contribution is -2.35. The number of hydrogen-bond donors (Lipinski definition) is 3.